The van der Waals surface area contributed by atoms with Gasteiger partial charge in [-0.2, -0.15) is 0 Å². The van der Waals surface area contributed by atoms with E-state index in [-0.39, 0.29) is 0 Å². The number of benzene rings is 1. The summed E-state index contributed by atoms with van der Waals surface area (Å²) in [6.07, 6.45) is 0. The number of pyridine rings is 1. The van der Waals surface area contributed by atoms with Crippen molar-refractivity contribution in [2.45, 2.75) is 13.8 Å². The van der Waals surface area contributed by atoms with E-state index in [1.807, 2.05) is 13.8 Å². The number of carbonyl (C=O) groups excluding carboxylic acids is 1. The van der Waals surface area contributed by atoms with Gasteiger partial charge in [-0.1, -0.05) is 11.6 Å². The van der Waals surface area contributed by atoms with Gasteiger partial charge in [0.1, 0.15) is 0 Å². The molecule has 1 aromatic carbocycles. The zero-order chi connectivity index (χ0) is 12.6. The highest BCUT2D eigenvalue weighted by Gasteiger charge is 2.11. The molecule has 0 atom stereocenters. The fraction of sp³-hybridized carbons (Fsp3) is 0.167. The van der Waals surface area contributed by atoms with Gasteiger partial charge in [-0.05, 0) is 37.6 Å². The number of hydrogen-bond acceptors (Lipinski definition) is 3. The van der Waals surface area contributed by atoms with Crippen molar-refractivity contribution >= 4 is 28.4 Å². The average Bonchev–Trinajstić information content (AvgIpc) is 2.29. The van der Waals surface area contributed by atoms with Gasteiger partial charge in [0, 0.05) is 16.6 Å². The Morgan fingerprint density at radius 1 is 1.35 bits per heavy atom. The number of halogens is 1. The summed E-state index contributed by atoms with van der Waals surface area (Å²) >= 11 is 6.12. The molecule has 5 heteroatoms. The number of hydroxylamine groups is 1. The Hall–Kier alpha value is -1.65. The lowest BCUT2D eigenvalue weighted by Crippen LogP contribution is -2.18. The Morgan fingerprint density at radius 3 is 2.71 bits per heavy atom. The first-order chi connectivity index (χ1) is 8.02. The van der Waals surface area contributed by atoms with Crippen LogP contribution in [-0.4, -0.2) is 16.1 Å². The Kier molecular flexibility index (Phi) is 3.00. The second-order valence-corrected chi connectivity index (χ2v) is 4.28. The molecule has 2 aromatic rings. The Labute approximate surface area is 103 Å². The maximum Gasteiger partial charge on any atom is 0.274 e. The molecule has 0 spiro atoms. The van der Waals surface area contributed by atoms with Crippen LogP contribution in [0.5, 0.6) is 0 Å². The normalized spacial score (nSPS) is 10.6. The van der Waals surface area contributed by atoms with E-state index in [0.29, 0.717) is 16.0 Å². The zero-order valence-electron chi connectivity index (χ0n) is 9.41. The quantitative estimate of drug-likeness (QED) is 0.604. The van der Waals surface area contributed by atoms with Crippen LogP contribution < -0.4 is 5.48 Å². The largest absolute Gasteiger partial charge is 0.288 e. The van der Waals surface area contributed by atoms with Crippen LogP contribution in [0.2, 0.25) is 5.02 Å². The van der Waals surface area contributed by atoms with E-state index >= 15 is 0 Å². The van der Waals surface area contributed by atoms with Gasteiger partial charge >= 0.3 is 0 Å². The van der Waals surface area contributed by atoms with Crippen molar-refractivity contribution in [2.24, 2.45) is 0 Å². The molecule has 0 saturated carbocycles. The van der Waals surface area contributed by atoms with E-state index in [9.17, 15) is 4.79 Å². The standard InChI is InChI=1S/C12H11ClN2O2/c1-6-3-8(12(16)15-17)5-9-10(13)4-7(2)14-11(6)9/h3-5,17H,1-2H3,(H,15,16). The van der Waals surface area contributed by atoms with E-state index in [2.05, 4.69) is 4.98 Å². The third kappa shape index (κ3) is 2.09. The fourth-order valence-electron chi connectivity index (χ4n) is 1.78. The minimum atomic E-state index is -0.563. The van der Waals surface area contributed by atoms with Gasteiger partial charge in [-0.15, -0.1) is 0 Å². The summed E-state index contributed by atoms with van der Waals surface area (Å²) in [5, 5.41) is 9.87. The number of aromatic nitrogens is 1. The van der Waals surface area contributed by atoms with Crippen LogP contribution in [-0.2, 0) is 0 Å². The summed E-state index contributed by atoms with van der Waals surface area (Å²) in [5.41, 5.74) is 4.39. The van der Waals surface area contributed by atoms with Crippen molar-refractivity contribution < 1.29 is 10.0 Å². The van der Waals surface area contributed by atoms with E-state index in [4.69, 9.17) is 16.8 Å². The molecule has 0 unspecified atom stereocenters. The monoisotopic (exact) mass is 250 g/mol. The molecule has 0 fully saturated rings. The maximum absolute atomic E-state index is 11.4. The highest BCUT2D eigenvalue weighted by Crippen LogP contribution is 2.26. The number of nitrogens with zero attached hydrogens (tertiary/aromatic N) is 1. The number of amides is 1. The molecule has 0 aliphatic carbocycles. The highest BCUT2D eigenvalue weighted by molar-refractivity contribution is 6.35. The van der Waals surface area contributed by atoms with Crippen LogP contribution in [0, 0.1) is 13.8 Å². The minimum absolute atomic E-state index is 0.352. The van der Waals surface area contributed by atoms with Crippen molar-refractivity contribution in [3.8, 4) is 0 Å². The first-order valence-electron chi connectivity index (χ1n) is 5.05. The molecule has 0 saturated heterocycles. The summed E-state index contributed by atoms with van der Waals surface area (Å²) in [6, 6.07) is 5.02. The summed E-state index contributed by atoms with van der Waals surface area (Å²) in [7, 11) is 0. The molecule has 1 aromatic heterocycles. The zero-order valence-corrected chi connectivity index (χ0v) is 10.2. The Bertz CT molecular complexity index is 611. The van der Waals surface area contributed by atoms with Crippen LogP contribution >= 0.6 is 11.6 Å². The molecular weight excluding hydrogens is 240 g/mol. The van der Waals surface area contributed by atoms with E-state index in [1.54, 1.807) is 23.7 Å². The summed E-state index contributed by atoms with van der Waals surface area (Å²) in [6.45, 7) is 3.71. The first-order valence-corrected chi connectivity index (χ1v) is 5.42. The predicted octanol–water partition coefficient (Wildman–Crippen LogP) is 2.62. The van der Waals surface area contributed by atoms with Crippen molar-refractivity contribution in [3.63, 3.8) is 0 Å². The van der Waals surface area contributed by atoms with Gasteiger partial charge in [0.25, 0.3) is 5.91 Å². The molecule has 2 rings (SSSR count). The molecular formula is C12H11ClN2O2. The van der Waals surface area contributed by atoms with Gasteiger partial charge in [-0.3, -0.25) is 15.0 Å². The van der Waals surface area contributed by atoms with Gasteiger partial charge in [0.05, 0.1) is 10.5 Å². The molecule has 0 bridgehead atoms. The second kappa shape index (κ2) is 4.31. The number of aryl methyl sites for hydroxylation is 2. The second-order valence-electron chi connectivity index (χ2n) is 3.88. The smallest absolute Gasteiger partial charge is 0.274 e. The third-order valence-corrected chi connectivity index (χ3v) is 2.86. The number of fused-ring (bicyclic) bond motifs is 1. The molecule has 4 nitrogen and oxygen atoms in total. The van der Waals surface area contributed by atoms with Crippen molar-refractivity contribution in [2.75, 3.05) is 0 Å². The molecule has 0 aliphatic heterocycles. The number of rotatable bonds is 1. The molecule has 88 valence electrons. The summed E-state index contributed by atoms with van der Waals surface area (Å²) in [5.74, 6) is -0.563. The molecule has 2 N–H and O–H groups in total. The van der Waals surface area contributed by atoms with E-state index in [1.165, 1.54) is 0 Å². The van der Waals surface area contributed by atoms with Gasteiger partial charge in [-0.25, -0.2) is 5.48 Å². The fourth-order valence-corrected chi connectivity index (χ4v) is 2.08. The highest BCUT2D eigenvalue weighted by atomic mass is 35.5. The van der Waals surface area contributed by atoms with Crippen molar-refractivity contribution in [1.29, 1.82) is 0 Å². The topological polar surface area (TPSA) is 62.2 Å². The average molecular weight is 251 g/mol. The lowest BCUT2D eigenvalue weighted by Gasteiger charge is -2.07. The van der Waals surface area contributed by atoms with Crippen LogP contribution in [0.1, 0.15) is 21.6 Å². The van der Waals surface area contributed by atoms with Gasteiger partial charge in [0.2, 0.25) is 0 Å². The van der Waals surface area contributed by atoms with Gasteiger partial charge < -0.3 is 0 Å². The molecule has 0 aliphatic rings. The number of nitrogens with one attached hydrogen (secondary N) is 1. The van der Waals surface area contributed by atoms with Crippen molar-refractivity contribution in [3.05, 3.63) is 40.0 Å². The summed E-state index contributed by atoms with van der Waals surface area (Å²) < 4.78 is 0. The van der Waals surface area contributed by atoms with Crippen LogP contribution in [0.3, 0.4) is 0 Å². The third-order valence-electron chi connectivity index (χ3n) is 2.55. The first kappa shape index (κ1) is 11.8. The Balaban J connectivity index is 2.77. The maximum atomic E-state index is 11.4. The lowest BCUT2D eigenvalue weighted by atomic mass is 10.1. The molecule has 17 heavy (non-hydrogen) atoms. The van der Waals surface area contributed by atoms with Crippen molar-refractivity contribution in [1.82, 2.24) is 10.5 Å². The molecule has 1 amide bonds. The minimum Gasteiger partial charge on any atom is -0.288 e. The molecule has 0 radical (unpaired) electrons. The lowest BCUT2D eigenvalue weighted by molar-refractivity contribution is 0.0706. The van der Waals surface area contributed by atoms with Crippen LogP contribution in [0.15, 0.2) is 18.2 Å². The van der Waals surface area contributed by atoms with E-state index in [0.717, 1.165) is 16.8 Å². The van der Waals surface area contributed by atoms with Gasteiger partial charge in [0.15, 0.2) is 0 Å². The summed E-state index contributed by atoms with van der Waals surface area (Å²) in [4.78, 5) is 15.7. The van der Waals surface area contributed by atoms with Crippen LogP contribution in [0.4, 0.5) is 0 Å². The SMILES string of the molecule is Cc1cc(Cl)c2cc(C(=O)NO)cc(C)c2n1. The van der Waals surface area contributed by atoms with Crippen LogP contribution in [0.25, 0.3) is 10.9 Å². The van der Waals surface area contributed by atoms with E-state index < -0.39 is 5.91 Å². The molecule has 1 heterocycles. The Morgan fingerprint density at radius 2 is 2.06 bits per heavy atom. The number of hydrogen-bond donors (Lipinski definition) is 2. The number of carbonyl (C=O) groups is 1. The predicted molar refractivity (Wildman–Crippen MR) is 65.5 cm³/mol.